The van der Waals surface area contributed by atoms with Crippen LogP contribution >= 0.6 is 11.6 Å². The van der Waals surface area contributed by atoms with Crippen molar-refractivity contribution >= 4 is 23.2 Å². The van der Waals surface area contributed by atoms with Crippen LogP contribution in [-0.4, -0.2) is 12.5 Å². The van der Waals surface area contributed by atoms with Gasteiger partial charge in [0, 0.05) is 11.5 Å². The number of nitrogens with one attached hydrogen (secondary N) is 1. The number of anilines is 1. The van der Waals surface area contributed by atoms with Crippen molar-refractivity contribution < 1.29 is 23.3 Å². The molecule has 3 nitrogen and oxygen atoms in total. The average molecular weight is 386 g/mol. The molecule has 140 valence electrons. The highest BCUT2D eigenvalue weighted by Crippen LogP contribution is 2.33. The molecule has 1 amide bonds. The van der Waals surface area contributed by atoms with E-state index in [9.17, 15) is 18.0 Å². The van der Waals surface area contributed by atoms with Crippen molar-refractivity contribution in [3.63, 3.8) is 0 Å². The molecule has 0 aromatic heterocycles. The first kappa shape index (κ1) is 20.3. The second-order valence-electron chi connectivity index (χ2n) is 6.36. The molecule has 0 saturated carbocycles. The highest BCUT2D eigenvalue weighted by atomic mass is 35.5. The van der Waals surface area contributed by atoms with E-state index in [1.54, 1.807) is 0 Å². The minimum Gasteiger partial charge on any atom is -0.332 e. The maximum absolute atomic E-state index is 12.8. The lowest BCUT2D eigenvalue weighted by molar-refractivity contribution is -0.692. The molecule has 0 saturated heterocycles. The summed E-state index contributed by atoms with van der Waals surface area (Å²) in [6, 6.07) is 12.7. The van der Waals surface area contributed by atoms with Crippen molar-refractivity contribution in [2.75, 3.05) is 11.9 Å². The predicted octanol–water partition coefficient (Wildman–Crippen LogP) is 4.26. The number of carbonyl (C=O) groups excluding carboxylic acids is 1. The molecule has 0 radical (unpaired) electrons. The Bertz CT molecular complexity index is 748. The smallest absolute Gasteiger partial charge is 0.332 e. The summed E-state index contributed by atoms with van der Waals surface area (Å²) >= 11 is 5.91. The van der Waals surface area contributed by atoms with Gasteiger partial charge in [-0.15, -0.1) is 0 Å². The Morgan fingerprint density at radius 1 is 1.15 bits per heavy atom. The summed E-state index contributed by atoms with van der Waals surface area (Å²) < 4.78 is 38.4. The second kappa shape index (κ2) is 8.56. The molecular weight excluding hydrogens is 365 g/mol. The maximum Gasteiger partial charge on any atom is 0.416 e. The van der Waals surface area contributed by atoms with Gasteiger partial charge in [0.1, 0.15) is 6.04 Å². The van der Waals surface area contributed by atoms with Gasteiger partial charge in [-0.25, -0.2) is 0 Å². The lowest BCUT2D eigenvalue weighted by Gasteiger charge is -2.19. The van der Waals surface area contributed by atoms with Crippen LogP contribution in [0.3, 0.4) is 0 Å². The minimum atomic E-state index is -4.49. The van der Waals surface area contributed by atoms with Crippen molar-refractivity contribution in [1.29, 1.82) is 0 Å². The third kappa shape index (κ3) is 5.47. The molecule has 3 N–H and O–H groups in total. The van der Waals surface area contributed by atoms with E-state index in [1.165, 1.54) is 0 Å². The summed E-state index contributed by atoms with van der Waals surface area (Å²) in [6.45, 7) is 4.18. The summed E-state index contributed by atoms with van der Waals surface area (Å²) in [7, 11) is 0. The number of rotatable bonds is 6. The summed E-state index contributed by atoms with van der Waals surface area (Å²) in [5.74, 6) is -0.129. The van der Waals surface area contributed by atoms with E-state index < -0.39 is 17.6 Å². The Morgan fingerprint density at radius 2 is 1.81 bits per heavy atom. The van der Waals surface area contributed by atoms with E-state index in [2.05, 4.69) is 19.2 Å². The molecule has 0 fully saturated rings. The number of halogens is 4. The van der Waals surface area contributed by atoms with E-state index >= 15 is 0 Å². The van der Waals surface area contributed by atoms with Gasteiger partial charge in [-0.3, -0.25) is 4.79 Å². The number of amides is 1. The fraction of sp³-hybridized carbons (Fsp3) is 0.316. The number of carbonyl (C=O) groups is 1. The average Bonchev–Trinajstić information content (AvgIpc) is 2.56. The highest BCUT2D eigenvalue weighted by Gasteiger charge is 2.31. The van der Waals surface area contributed by atoms with E-state index in [0.29, 0.717) is 0 Å². The highest BCUT2D eigenvalue weighted by molar-refractivity contribution is 6.33. The molecule has 0 aliphatic heterocycles. The Balaban J connectivity index is 2.04. The Labute approximate surface area is 155 Å². The Kier molecular flexibility index (Phi) is 6.67. The number of nitrogens with two attached hydrogens (primary N) is 1. The Hall–Kier alpha value is -2.05. The van der Waals surface area contributed by atoms with Crippen molar-refractivity contribution in [3.05, 3.63) is 64.7 Å². The third-order valence-electron chi connectivity index (χ3n) is 4.03. The van der Waals surface area contributed by atoms with Gasteiger partial charge in [-0.05, 0) is 18.2 Å². The fourth-order valence-corrected chi connectivity index (χ4v) is 2.87. The van der Waals surface area contributed by atoms with Crippen LogP contribution in [-0.2, 0) is 11.0 Å². The standard InChI is InChI=1S/C19H20ClF3N2O/c1-12(2)18(13-6-4-3-5-7-13)24-11-17(26)25-16-10-14(19(21,22)23)8-9-15(16)20/h3-10,12,18,24H,11H2,1-2H3,(H,25,26)/p+1/t18-/m0/s1. The van der Waals surface area contributed by atoms with Gasteiger partial charge in [0.15, 0.2) is 6.54 Å². The number of quaternary nitrogens is 1. The van der Waals surface area contributed by atoms with Crippen molar-refractivity contribution in [2.24, 2.45) is 5.92 Å². The molecule has 0 aliphatic carbocycles. The number of benzene rings is 2. The normalized spacial score (nSPS) is 12.9. The van der Waals surface area contributed by atoms with Gasteiger partial charge < -0.3 is 10.6 Å². The van der Waals surface area contributed by atoms with E-state index in [0.717, 1.165) is 23.8 Å². The molecule has 1 atom stereocenters. The van der Waals surface area contributed by atoms with Crippen molar-refractivity contribution in [2.45, 2.75) is 26.1 Å². The van der Waals surface area contributed by atoms with Crippen molar-refractivity contribution in [1.82, 2.24) is 0 Å². The first-order valence-electron chi connectivity index (χ1n) is 8.23. The van der Waals surface area contributed by atoms with Gasteiger partial charge in [-0.2, -0.15) is 13.2 Å². The number of alkyl halides is 3. The molecule has 0 aliphatic rings. The molecule has 7 heteroatoms. The zero-order valence-electron chi connectivity index (χ0n) is 14.5. The zero-order chi connectivity index (χ0) is 19.3. The fourth-order valence-electron chi connectivity index (χ4n) is 2.70. The van der Waals surface area contributed by atoms with Gasteiger partial charge in [0.25, 0.3) is 5.91 Å². The lowest BCUT2D eigenvalue weighted by Crippen LogP contribution is -2.88. The molecule has 2 aromatic carbocycles. The molecule has 2 aromatic rings. The van der Waals surface area contributed by atoms with Gasteiger partial charge in [0.2, 0.25) is 0 Å². The topological polar surface area (TPSA) is 45.7 Å². The quantitative estimate of drug-likeness (QED) is 0.766. The molecule has 0 bridgehead atoms. The van der Waals surface area contributed by atoms with Gasteiger partial charge in [0.05, 0.1) is 16.3 Å². The molecule has 0 heterocycles. The second-order valence-corrected chi connectivity index (χ2v) is 6.77. The molecule has 0 unspecified atom stereocenters. The third-order valence-corrected chi connectivity index (χ3v) is 4.36. The summed E-state index contributed by atoms with van der Waals surface area (Å²) in [5.41, 5.74) is 0.193. The molecule has 0 spiro atoms. The lowest BCUT2D eigenvalue weighted by atomic mass is 9.96. The van der Waals surface area contributed by atoms with Crippen LogP contribution in [0.1, 0.15) is 31.0 Å². The molecule has 2 rings (SSSR count). The summed E-state index contributed by atoms with van der Waals surface area (Å²) in [4.78, 5) is 12.2. The van der Waals surface area contributed by atoms with Crippen molar-refractivity contribution in [3.8, 4) is 0 Å². The summed E-state index contributed by atoms with van der Waals surface area (Å²) in [6.07, 6.45) is -4.49. The molecule has 26 heavy (non-hydrogen) atoms. The van der Waals surface area contributed by atoms with Crippen LogP contribution in [0, 0.1) is 5.92 Å². The van der Waals surface area contributed by atoms with Crippen LogP contribution in [0.4, 0.5) is 18.9 Å². The van der Waals surface area contributed by atoms with E-state index in [4.69, 9.17) is 11.6 Å². The Morgan fingerprint density at radius 3 is 2.38 bits per heavy atom. The first-order valence-corrected chi connectivity index (χ1v) is 8.61. The van der Waals surface area contributed by atoms with E-state index in [-0.39, 0.29) is 29.2 Å². The number of hydrogen-bond donors (Lipinski definition) is 2. The van der Waals surface area contributed by atoms with Gasteiger partial charge in [-0.1, -0.05) is 55.8 Å². The van der Waals surface area contributed by atoms with E-state index in [1.807, 2.05) is 35.6 Å². The SMILES string of the molecule is CC(C)[C@H]([NH2+]CC(=O)Nc1cc(C(F)(F)F)ccc1Cl)c1ccccc1. The summed E-state index contributed by atoms with van der Waals surface area (Å²) in [5, 5.41) is 4.40. The largest absolute Gasteiger partial charge is 0.416 e. The maximum atomic E-state index is 12.8. The van der Waals surface area contributed by atoms with Crippen LogP contribution in [0.2, 0.25) is 5.02 Å². The minimum absolute atomic E-state index is 0.0410. The zero-order valence-corrected chi connectivity index (χ0v) is 15.2. The van der Waals surface area contributed by atoms with Crippen LogP contribution in [0.25, 0.3) is 0 Å². The van der Waals surface area contributed by atoms with Gasteiger partial charge >= 0.3 is 6.18 Å². The predicted molar refractivity (Wildman–Crippen MR) is 95.9 cm³/mol. The molecular formula is C19H21ClF3N2O+. The first-order chi connectivity index (χ1) is 12.2. The monoisotopic (exact) mass is 385 g/mol. The van der Waals surface area contributed by atoms with Crippen LogP contribution in [0.5, 0.6) is 0 Å². The van der Waals surface area contributed by atoms with Crippen LogP contribution in [0.15, 0.2) is 48.5 Å². The van der Waals surface area contributed by atoms with Crippen LogP contribution < -0.4 is 10.6 Å². The number of hydrogen-bond acceptors (Lipinski definition) is 1.